The van der Waals surface area contributed by atoms with Gasteiger partial charge in [0.25, 0.3) is 0 Å². The Kier molecular flexibility index (Phi) is 61.8. The third-order valence-electron chi connectivity index (χ3n) is 16.1. The molecule has 0 fully saturated rings. The molecule has 0 radical (unpaired) electrons. The molecule has 0 aliphatic heterocycles. The lowest BCUT2D eigenvalue weighted by atomic mass is 10.0. The van der Waals surface area contributed by atoms with Gasteiger partial charge in [0.05, 0.1) is 31.3 Å². The zero-order valence-electron chi connectivity index (χ0n) is 49.4. The Morgan fingerprint density at radius 2 is 0.569 bits per heavy atom. The second-order valence-corrected chi connectivity index (χ2v) is 23.4. The number of carbonyl (C=O) groups excluding carboxylic acids is 1. The van der Waals surface area contributed by atoms with Crippen molar-refractivity contribution < 1.29 is 20.1 Å². The second kappa shape index (κ2) is 62.6. The molecule has 430 valence electrons. The molecule has 0 aliphatic rings. The minimum atomic E-state index is -0.927. The summed E-state index contributed by atoms with van der Waals surface area (Å²) in [5.41, 5.74) is 0. The molecular formula is C67H133NO4. The van der Waals surface area contributed by atoms with Gasteiger partial charge in [0.2, 0.25) is 5.91 Å². The fourth-order valence-electron chi connectivity index (χ4n) is 11.0. The van der Waals surface area contributed by atoms with Crippen molar-refractivity contribution in [2.45, 2.75) is 405 Å². The quantitative estimate of drug-likeness (QED) is 0.0361. The molecule has 1 amide bonds. The largest absolute Gasteiger partial charge is 0.394 e. The van der Waals surface area contributed by atoms with Gasteiger partial charge in [-0.1, -0.05) is 373 Å². The number of aliphatic hydroxyl groups excluding tert-OH is 3. The minimum Gasteiger partial charge on any atom is -0.394 e. The minimum absolute atomic E-state index is 0.0198. The molecule has 72 heavy (non-hydrogen) atoms. The van der Waals surface area contributed by atoms with Crippen molar-refractivity contribution in [3.05, 3.63) is 12.2 Å². The van der Waals surface area contributed by atoms with Crippen LogP contribution in [0, 0.1) is 0 Å². The Balaban J connectivity index is 3.43. The van der Waals surface area contributed by atoms with Crippen LogP contribution in [0.2, 0.25) is 0 Å². The third kappa shape index (κ3) is 58.4. The molecule has 0 aromatic heterocycles. The molecule has 0 saturated carbocycles. The normalized spacial score (nSPS) is 13.1. The molecule has 4 N–H and O–H groups in total. The highest BCUT2D eigenvalue weighted by Crippen LogP contribution is 2.19. The van der Waals surface area contributed by atoms with E-state index in [-0.39, 0.29) is 18.9 Å². The molecule has 3 unspecified atom stereocenters. The van der Waals surface area contributed by atoms with E-state index < -0.39 is 18.2 Å². The molecule has 3 atom stereocenters. The molecule has 5 nitrogen and oxygen atoms in total. The van der Waals surface area contributed by atoms with E-state index in [4.69, 9.17) is 0 Å². The Morgan fingerprint density at radius 3 is 0.806 bits per heavy atom. The lowest BCUT2D eigenvalue weighted by Crippen LogP contribution is -2.45. The van der Waals surface area contributed by atoms with E-state index in [0.29, 0.717) is 6.42 Å². The van der Waals surface area contributed by atoms with E-state index in [1.807, 2.05) is 6.08 Å². The average Bonchev–Trinajstić information content (AvgIpc) is 3.38. The molecular weight excluding hydrogens is 883 g/mol. The van der Waals surface area contributed by atoms with E-state index in [0.717, 1.165) is 25.7 Å². The van der Waals surface area contributed by atoms with Crippen molar-refractivity contribution in [2.24, 2.45) is 0 Å². The standard InChI is InChI=1S/C67H133NO4/c1-3-5-7-9-11-13-15-17-19-21-23-25-26-27-28-29-30-31-32-33-34-35-36-37-38-39-40-41-42-44-46-48-50-52-54-56-58-60-64(70)62-67(72)68-65(63-69)66(71)61-59-57-55-53-51-49-47-45-43-24-22-20-18-16-14-12-10-8-6-4-2/h59,61,64-66,69-71H,3-58,60,62-63H2,1-2H3,(H,68,72)/b61-59+. The zero-order valence-corrected chi connectivity index (χ0v) is 49.4. The Morgan fingerprint density at radius 1 is 0.347 bits per heavy atom. The second-order valence-electron chi connectivity index (χ2n) is 23.4. The van der Waals surface area contributed by atoms with E-state index in [9.17, 15) is 20.1 Å². The van der Waals surface area contributed by atoms with Crippen LogP contribution in [0.4, 0.5) is 0 Å². The SMILES string of the molecule is CCCCCCCCCCCCCCCCCCCC/C=C/C(O)C(CO)NC(=O)CC(O)CCCCCCCCCCCCCCCCCCCCCCCCCCCCCCCCCCCCCCC. The summed E-state index contributed by atoms with van der Waals surface area (Å²) in [4.78, 5) is 12.6. The van der Waals surface area contributed by atoms with Gasteiger partial charge in [-0.2, -0.15) is 0 Å². The maximum Gasteiger partial charge on any atom is 0.222 e. The van der Waals surface area contributed by atoms with Gasteiger partial charge in [-0.25, -0.2) is 0 Å². The van der Waals surface area contributed by atoms with E-state index in [1.54, 1.807) is 6.08 Å². The van der Waals surface area contributed by atoms with Crippen molar-refractivity contribution in [3.63, 3.8) is 0 Å². The first kappa shape index (κ1) is 71.1. The highest BCUT2D eigenvalue weighted by atomic mass is 16.3. The molecule has 0 saturated heterocycles. The number of aliphatic hydroxyl groups is 3. The van der Waals surface area contributed by atoms with Crippen LogP contribution in [0.3, 0.4) is 0 Å². The van der Waals surface area contributed by atoms with Crippen molar-refractivity contribution in [2.75, 3.05) is 6.61 Å². The Labute approximate surface area is 452 Å². The van der Waals surface area contributed by atoms with Crippen molar-refractivity contribution in [1.82, 2.24) is 5.32 Å². The van der Waals surface area contributed by atoms with Gasteiger partial charge >= 0.3 is 0 Å². The van der Waals surface area contributed by atoms with Gasteiger partial charge in [0.1, 0.15) is 0 Å². The molecule has 0 spiro atoms. The summed E-state index contributed by atoms with van der Waals surface area (Å²) in [7, 11) is 0. The van der Waals surface area contributed by atoms with Gasteiger partial charge in [-0.05, 0) is 19.3 Å². The van der Waals surface area contributed by atoms with Gasteiger partial charge in [0.15, 0.2) is 0 Å². The Bertz CT molecular complexity index is 1030. The van der Waals surface area contributed by atoms with E-state index in [2.05, 4.69) is 19.2 Å². The van der Waals surface area contributed by atoms with Crippen LogP contribution in [0.5, 0.6) is 0 Å². The van der Waals surface area contributed by atoms with Crippen LogP contribution >= 0.6 is 0 Å². The van der Waals surface area contributed by atoms with Crippen LogP contribution in [0.15, 0.2) is 12.2 Å². The topological polar surface area (TPSA) is 89.8 Å². The predicted molar refractivity (Wildman–Crippen MR) is 319 cm³/mol. The summed E-state index contributed by atoms with van der Waals surface area (Å²) in [5.74, 6) is -0.306. The van der Waals surface area contributed by atoms with Crippen molar-refractivity contribution >= 4 is 5.91 Å². The number of rotatable bonds is 63. The van der Waals surface area contributed by atoms with Crippen molar-refractivity contribution in [3.8, 4) is 0 Å². The lowest BCUT2D eigenvalue weighted by molar-refractivity contribution is -0.124. The average molecular weight is 1020 g/mol. The van der Waals surface area contributed by atoms with Crippen LogP contribution < -0.4 is 5.32 Å². The summed E-state index contributed by atoms with van der Waals surface area (Å²) < 4.78 is 0. The predicted octanol–water partition coefficient (Wildman–Crippen LogP) is 21.4. The highest BCUT2D eigenvalue weighted by Gasteiger charge is 2.20. The van der Waals surface area contributed by atoms with Crippen LogP contribution in [-0.4, -0.2) is 46.1 Å². The zero-order chi connectivity index (χ0) is 52.2. The first-order valence-corrected chi connectivity index (χ1v) is 33.5. The van der Waals surface area contributed by atoms with E-state index in [1.165, 1.54) is 334 Å². The van der Waals surface area contributed by atoms with Crippen LogP contribution in [0.1, 0.15) is 386 Å². The van der Waals surface area contributed by atoms with Crippen LogP contribution in [-0.2, 0) is 4.79 Å². The summed E-state index contributed by atoms with van der Waals surface area (Å²) in [6, 6.07) is -0.742. The lowest BCUT2D eigenvalue weighted by Gasteiger charge is -2.21. The number of hydrogen-bond donors (Lipinski definition) is 4. The van der Waals surface area contributed by atoms with Crippen molar-refractivity contribution in [1.29, 1.82) is 0 Å². The molecule has 0 bridgehead atoms. The van der Waals surface area contributed by atoms with Gasteiger partial charge in [-0.15, -0.1) is 0 Å². The summed E-state index contributed by atoms with van der Waals surface area (Å²) in [6.45, 7) is 4.27. The number of nitrogens with one attached hydrogen (secondary N) is 1. The monoisotopic (exact) mass is 1020 g/mol. The number of carbonyl (C=O) groups is 1. The van der Waals surface area contributed by atoms with Gasteiger partial charge < -0.3 is 20.6 Å². The molecule has 0 aromatic carbocycles. The molecule has 0 aliphatic carbocycles. The van der Waals surface area contributed by atoms with Crippen LogP contribution in [0.25, 0.3) is 0 Å². The smallest absolute Gasteiger partial charge is 0.222 e. The number of allylic oxidation sites excluding steroid dienone is 1. The molecule has 0 rings (SSSR count). The summed E-state index contributed by atoms with van der Waals surface area (Å²) in [5, 5.41) is 33.6. The third-order valence-corrected chi connectivity index (χ3v) is 16.1. The number of amides is 1. The molecule has 0 heterocycles. The molecule has 5 heteroatoms. The first-order valence-electron chi connectivity index (χ1n) is 33.5. The number of unbranched alkanes of at least 4 members (excludes halogenated alkanes) is 54. The maximum absolute atomic E-state index is 12.6. The highest BCUT2D eigenvalue weighted by molar-refractivity contribution is 5.76. The first-order chi connectivity index (χ1) is 35.5. The van der Waals surface area contributed by atoms with Gasteiger partial charge in [0, 0.05) is 0 Å². The fraction of sp³-hybridized carbons (Fsp3) is 0.955. The number of hydrogen-bond acceptors (Lipinski definition) is 4. The Hall–Kier alpha value is -0.910. The summed E-state index contributed by atoms with van der Waals surface area (Å²) in [6.07, 6.45) is 80.3. The fourth-order valence-corrected chi connectivity index (χ4v) is 11.0. The van der Waals surface area contributed by atoms with E-state index >= 15 is 0 Å². The maximum atomic E-state index is 12.6. The summed E-state index contributed by atoms with van der Waals surface area (Å²) >= 11 is 0. The van der Waals surface area contributed by atoms with Gasteiger partial charge in [-0.3, -0.25) is 4.79 Å². The molecule has 0 aromatic rings.